The number of carbonyl (C=O) groups is 1. The van der Waals surface area contributed by atoms with Crippen molar-refractivity contribution in [1.29, 1.82) is 0 Å². The third-order valence-electron chi connectivity index (χ3n) is 1.62. The number of hydrogen-bond donors (Lipinski definition) is 1. The van der Waals surface area contributed by atoms with E-state index in [9.17, 15) is 4.79 Å². The van der Waals surface area contributed by atoms with E-state index in [2.05, 4.69) is 0 Å². The van der Waals surface area contributed by atoms with Crippen LogP contribution in [0.5, 0.6) is 0 Å². The summed E-state index contributed by atoms with van der Waals surface area (Å²) in [5, 5.41) is 0. The van der Waals surface area contributed by atoms with E-state index in [1.807, 2.05) is 20.8 Å². The predicted octanol–water partition coefficient (Wildman–Crippen LogP) is 1.34. The van der Waals surface area contributed by atoms with Gasteiger partial charge in [0.1, 0.15) is 5.78 Å². The Morgan fingerprint density at radius 2 is 1.90 bits per heavy atom. The molecule has 0 aromatic carbocycles. The van der Waals surface area contributed by atoms with Crippen molar-refractivity contribution in [3.8, 4) is 0 Å². The van der Waals surface area contributed by atoms with E-state index in [1.165, 1.54) is 0 Å². The van der Waals surface area contributed by atoms with Crippen LogP contribution in [0, 0.1) is 5.41 Å². The largest absolute Gasteiger partial charge is 0.327 e. The molecule has 0 radical (unpaired) electrons. The second-order valence-electron chi connectivity index (χ2n) is 3.88. The van der Waals surface area contributed by atoms with E-state index < -0.39 is 0 Å². The highest BCUT2D eigenvalue weighted by Crippen LogP contribution is 2.19. The fraction of sp³-hybridized carbons (Fsp3) is 0.875. The molecule has 0 aromatic rings. The van der Waals surface area contributed by atoms with Gasteiger partial charge in [0.15, 0.2) is 0 Å². The molecule has 1 unspecified atom stereocenters. The summed E-state index contributed by atoms with van der Waals surface area (Å²) in [5.41, 5.74) is 5.78. The molecule has 0 amide bonds. The summed E-state index contributed by atoms with van der Waals surface area (Å²) in [5.74, 6) is 0.169. The predicted molar refractivity (Wildman–Crippen MR) is 42.7 cm³/mol. The van der Waals surface area contributed by atoms with Crippen molar-refractivity contribution in [1.82, 2.24) is 0 Å². The molecule has 0 fully saturated rings. The van der Waals surface area contributed by atoms with Gasteiger partial charge in [0.2, 0.25) is 0 Å². The van der Waals surface area contributed by atoms with Crippen molar-refractivity contribution in [3.63, 3.8) is 0 Å². The zero-order valence-corrected chi connectivity index (χ0v) is 7.27. The van der Waals surface area contributed by atoms with Gasteiger partial charge >= 0.3 is 0 Å². The van der Waals surface area contributed by atoms with Crippen molar-refractivity contribution in [2.24, 2.45) is 11.1 Å². The Hall–Kier alpha value is -0.370. The van der Waals surface area contributed by atoms with Crippen LogP contribution in [-0.4, -0.2) is 11.8 Å². The zero-order valence-electron chi connectivity index (χ0n) is 7.27. The average Bonchev–Trinajstić information content (AvgIpc) is 1.60. The molecule has 0 aromatic heterocycles. The van der Waals surface area contributed by atoms with Gasteiger partial charge < -0.3 is 5.73 Å². The molecule has 0 aliphatic carbocycles. The summed E-state index contributed by atoms with van der Waals surface area (Å²) in [7, 11) is 0. The molecule has 0 rings (SSSR count). The van der Waals surface area contributed by atoms with Crippen LogP contribution in [0.15, 0.2) is 0 Å². The monoisotopic (exact) mass is 143 g/mol. The zero-order chi connectivity index (χ0) is 8.36. The second-order valence-corrected chi connectivity index (χ2v) is 3.88. The molecule has 0 aliphatic heterocycles. The van der Waals surface area contributed by atoms with Crippen LogP contribution in [0.25, 0.3) is 0 Å². The molecule has 10 heavy (non-hydrogen) atoms. The lowest BCUT2D eigenvalue weighted by Crippen LogP contribution is -2.36. The maximum Gasteiger partial charge on any atom is 0.131 e. The van der Waals surface area contributed by atoms with Crippen LogP contribution in [0.1, 0.15) is 34.1 Å². The Kier molecular flexibility index (Phi) is 3.03. The molecule has 60 valence electrons. The van der Waals surface area contributed by atoms with Gasteiger partial charge in [0.05, 0.1) is 0 Å². The summed E-state index contributed by atoms with van der Waals surface area (Å²) in [6.07, 6.45) is 0.490. The first-order chi connectivity index (χ1) is 4.34. The molecule has 0 bridgehead atoms. The van der Waals surface area contributed by atoms with E-state index >= 15 is 0 Å². The van der Waals surface area contributed by atoms with E-state index in [-0.39, 0.29) is 17.2 Å². The van der Waals surface area contributed by atoms with E-state index in [0.717, 1.165) is 0 Å². The van der Waals surface area contributed by atoms with Gasteiger partial charge in [-0.3, -0.25) is 4.79 Å². The Labute approximate surface area is 62.8 Å². The molecule has 2 nitrogen and oxygen atoms in total. The van der Waals surface area contributed by atoms with Crippen LogP contribution in [-0.2, 0) is 4.79 Å². The summed E-state index contributed by atoms with van der Waals surface area (Å²) in [6.45, 7) is 7.70. The minimum absolute atomic E-state index is 0.00926. The van der Waals surface area contributed by atoms with Crippen LogP contribution >= 0.6 is 0 Å². The van der Waals surface area contributed by atoms with Crippen molar-refractivity contribution in [2.75, 3.05) is 0 Å². The maximum atomic E-state index is 10.6. The first kappa shape index (κ1) is 9.63. The van der Waals surface area contributed by atoms with Gasteiger partial charge in [-0.25, -0.2) is 0 Å². The Morgan fingerprint density at radius 3 is 2.00 bits per heavy atom. The lowest BCUT2D eigenvalue weighted by Gasteiger charge is -2.25. The van der Waals surface area contributed by atoms with Gasteiger partial charge in [-0.05, 0) is 12.3 Å². The first-order valence-corrected chi connectivity index (χ1v) is 3.59. The summed E-state index contributed by atoms with van der Waals surface area (Å²) < 4.78 is 0. The van der Waals surface area contributed by atoms with Crippen molar-refractivity contribution >= 4 is 5.78 Å². The van der Waals surface area contributed by atoms with Gasteiger partial charge in [-0.15, -0.1) is 0 Å². The Balaban J connectivity index is 3.85. The van der Waals surface area contributed by atoms with Crippen molar-refractivity contribution in [3.05, 3.63) is 0 Å². The van der Waals surface area contributed by atoms with Crippen molar-refractivity contribution < 1.29 is 4.79 Å². The Bertz CT molecular complexity index is 124. The van der Waals surface area contributed by atoms with E-state index in [0.29, 0.717) is 6.42 Å². The lowest BCUT2D eigenvalue weighted by atomic mass is 9.85. The normalized spacial score (nSPS) is 14.9. The minimum atomic E-state index is -0.00926. The van der Waals surface area contributed by atoms with Crippen LogP contribution < -0.4 is 5.73 Å². The quantitative estimate of drug-likeness (QED) is 0.634. The first-order valence-electron chi connectivity index (χ1n) is 3.59. The molecule has 0 saturated carbocycles. The van der Waals surface area contributed by atoms with Gasteiger partial charge in [-0.1, -0.05) is 20.8 Å². The molecule has 0 aliphatic rings. The number of Topliss-reactive ketones (excluding diaryl/α,β-unsaturated/α-hetero) is 1. The van der Waals surface area contributed by atoms with Crippen LogP contribution in [0.3, 0.4) is 0 Å². The average molecular weight is 143 g/mol. The second kappa shape index (κ2) is 3.15. The van der Waals surface area contributed by atoms with Crippen molar-refractivity contribution in [2.45, 2.75) is 40.2 Å². The molecule has 0 saturated heterocycles. The molecule has 1 atom stereocenters. The van der Waals surface area contributed by atoms with E-state index in [1.54, 1.807) is 6.92 Å². The highest BCUT2D eigenvalue weighted by Gasteiger charge is 2.21. The molecule has 2 heteroatoms. The standard InChI is InChI=1S/C8H17NO/c1-6(10)5-7(9)8(2,3)4/h7H,5,9H2,1-4H3. The van der Waals surface area contributed by atoms with E-state index in [4.69, 9.17) is 5.73 Å². The summed E-state index contributed by atoms with van der Waals surface area (Å²) in [6, 6.07) is -0.00926. The minimum Gasteiger partial charge on any atom is -0.327 e. The lowest BCUT2D eigenvalue weighted by molar-refractivity contribution is -0.117. The smallest absolute Gasteiger partial charge is 0.131 e. The van der Waals surface area contributed by atoms with Gasteiger partial charge in [0, 0.05) is 12.5 Å². The third-order valence-corrected chi connectivity index (χ3v) is 1.62. The Morgan fingerprint density at radius 1 is 1.50 bits per heavy atom. The molecule has 0 heterocycles. The number of ketones is 1. The number of carbonyl (C=O) groups excluding carboxylic acids is 1. The van der Waals surface area contributed by atoms with Gasteiger partial charge in [-0.2, -0.15) is 0 Å². The van der Waals surface area contributed by atoms with Crippen LogP contribution in [0.4, 0.5) is 0 Å². The summed E-state index contributed by atoms with van der Waals surface area (Å²) >= 11 is 0. The highest BCUT2D eigenvalue weighted by atomic mass is 16.1. The van der Waals surface area contributed by atoms with Crippen LogP contribution in [0.2, 0.25) is 0 Å². The van der Waals surface area contributed by atoms with Gasteiger partial charge in [0.25, 0.3) is 0 Å². The fourth-order valence-electron chi connectivity index (χ4n) is 0.616. The fourth-order valence-corrected chi connectivity index (χ4v) is 0.616. The number of nitrogens with two attached hydrogens (primary N) is 1. The number of hydrogen-bond acceptors (Lipinski definition) is 2. The summed E-state index contributed by atoms with van der Waals surface area (Å²) in [4.78, 5) is 10.6. The SMILES string of the molecule is CC(=O)CC(N)C(C)(C)C. The molecule has 2 N–H and O–H groups in total. The number of rotatable bonds is 2. The highest BCUT2D eigenvalue weighted by molar-refractivity contribution is 5.76. The topological polar surface area (TPSA) is 43.1 Å². The third kappa shape index (κ3) is 3.62. The molecular formula is C8H17NO. The molecule has 0 spiro atoms. The maximum absolute atomic E-state index is 10.6. The molecular weight excluding hydrogens is 126 g/mol.